The van der Waals surface area contributed by atoms with Crippen LogP contribution in [0.3, 0.4) is 0 Å². The van der Waals surface area contributed by atoms with Crippen molar-refractivity contribution in [1.82, 2.24) is 15.3 Å². The minimum absolute atomic E-state index is 0.156. The third-order valence-corrected chi connectivity index (χ3v) is 4.45. The van der Waals surface area contributed by atoms with Crippen LogP contribution in [0.25, 0.3) is 10.9 Å². The summed E-state index contributed by atoms with van der Waals surface area (Å²) >= 11 is 0. The summed E-state index contributed by atoms with van der Waals surface area (Å²) in [6, 6.07) is 20.7. The maximum atomic E-state index is 12.6. The molecule has 0 bridgehead atoms. The van der Waals surface area contributed by atoms with E-state index in [0.29, 0.717) is 18.0 Å². The molecular formula is C23H19N3O2. The van der Waals surface area contributed by atoms with E-state index in [2.05, 4.69) is 15.3 Å². The summed E-state index contributed by atoms with van der Waals surface area (Å²) in [6.07, 6.45) is 3.41. The largest absolute Gasteiger partial charge is 0.438 e. The lowest BCUT2D eigenvalue weighted by Gasteiger charge is -2.12. The molecule has 0 aliphatic heterocycles. The summed E-state index contributed by atoms with van der Waals surface area (Å²) in [5, 5.41) is 3.87. The van der Waals surface area contributed by atoms with E-state index in [1.54, 1.807) is 18.5 Å². The topological polar surface area (TPSA) is 64.1 Å². The van der Waals surface area contributed by atoms with Crippen LogP contribution in [0.4, 0.5) is 0 Å². The fourth-order valence-corrected chi connectivity index (χ4v) is 2.92. The van der Waals surface area contributed by atoms with Gasteiger partial charge in [-0.25, -0.2) is 4.98 Å². The molecule has 2 heterocycles. The third kappa shape index (κ3) is 3.83. The lowest BCUT2D eigenvalue weighted by atomic mass is 10.1. The molecule has 0 aliphatic carbocycles. The van der Waals surface area contributed by atoms with Gasteiger partial charge >= 0.3 is 0 Å². The Balaban J connectivity index is 1.50. The van der Waals surface area contributed by atoms with Crippen molar-refractivity contribution in [2.24, 2.45) is 0 Å². The lowest BCUT2D eigenvalue weighted by Crippen LogP contribution is -2.23. The second kappa shape index (κ2) is 7.88. The Bertz CT molecular complexity index is 1140. The van der Waals surface area contributed by atoms with E-state index in [4.69, 9.17) is 4.74 Å². The Kier molecular flexibility index (Phi) is 4.97. The van der Waals surface area contributed by atoms with E-state index in [1.807, 2.05) is 67.6 Å². The highest BCUT2D eigenvalue weighted by atomic mass is 16.5. The fraction of sp³-hybridized carbons (Fsp3) is 0.0870. The van der Waals surface area contributed by atoms with Crippen molar-refractivity contribution in [3.05, 3.63) is 95.8 Å². The predicted octanol–water partition coefficient (Wildman–Crippen LogP) is 4.66. The number of ether oxygens (including phenoxy) is 1. The third-order valence-electron chi connectivity index (χ3n) is 4.45. The number of pyridine rings is 2. The van der Waals surface area contributed by atoms with Gasteiger partial charge in [0.25, 0.3) is 5.91 Å². The Morgan fingerprint density at radius 3 is 2.68 bits per heavy atom. The smallest absolute Gasteiger partial charge is 0.251 e. The Labute approximate surface area is 163 Å². The number of nitrogens with zero attached hydrogens (tertiary/aromatic N) is 2. The first kappa shape index (κ1) is 17.7. The number of aryl methyl sites for hydroxylation is 1. The zero-order valence-corrected chi connectivity index (χ0v) is 15.4. The van der Waals surface area contributed by atoms with Crippen LogP contribution < -0.4 is 10.1 Å². The minimum atomic E-state index is -0.156. The fourth-order valence-electron chi connectivity index (χ4n) is 2.92. The van der Waals surface area contributed by atoms with Crippen LogP contribution in [0.15, 0.2) is 79.1 Å². The maximum Gasteiger partial charge on any atom is 0.251 e. The first-order chi connectivity index (χ1) is 13.7. The summed E-state index contributed by atoms with van der Waals surface area (Å²) in [5.74, 6) is 1.08. The molecule has 28 heavy (non-hydrogen) atoms. The molecule has 2 aromatic carbocycles. The van der Waals surface area contributed by atoms with Crippen molar-refractivity contribution >= 4 is 16.8 Å². The second-order valence-corrected chi connectivity index (χ2v) is 6.43. The van der Waals surface area contributed by atoms with E-state index in [1.165, 1.54) is 0 Å². The number of rotatable bonds is 5. The molecule has 138 valence electrons. The quantitative estimate of drug-likeness (QED) is 0.556. The van der Waals surface area contributed by atoms with Crippen LogP contribution >= 0.6 is 0 Å². The molecule has 0 saturated heterocycles. The molecule has 0 spiro atoms. The van der Waals surface area contributed by atoms with E-state index < -0.39 is 0 Å². The highest BCUT2D eigenvalue weighted by molar-refractivity contribution is 5.97. The summed E-state index contributed by atoms with van der Waals surface area (Å²) in [6.45, 7) is 2.30. The molecule has 1 N–H and O–H groups in total. The average Bonchev–Trinajstić information content (AvgIpc) is 2.74. The SMILES string of the molecule is Cc1ccccc1Oc1ncccc1CNC(=O)c1ccc2ncccc2c1. The van der Waals surface area contributed by atoms with Gasteiger partial charge in [0.05, 0.1) is 5.52 Å². The van der Waals surface area contributed by atoms with Gasteiger partial charge in [-0.05, 0) is 48.9 Å². The standard InChI is InChI=1S/C23H19N3O2/c1-16-6-2-3-9-21(16)28-23-19(8-5-13-25-23)15-26-22(27)18-10-11-20-17(14-18)7-4-12-24-20/h2-14H,15H2,1H3,(H,26,27). The Morgan fingerprint density at radius 1 is 0.964 bits per heavy atom. The minimum Gasteiger partial charge on any atom is -0.438 e. The summed E-state index contributed by atoms with van der Waals surface area (Å²) in [4.78, 5) is 21.2. The zero-order chi connectivity index (χ0) is 19.3. The number of amides is 1. The molecule has 1 amide bonds. The number of carbonyl (C=O) groups is 1. The first-order valence-electron chi connectivity index (χ1n) is 9.01. The summed E-state index contributed by atoms with van der Waals surface area (Å²) < 4.78 is 5.97. The molecule has 0 unspecified atom stereocenters. The van der Waals surface area contributed by atoms with E-state index in [9.17, 15) is 4.79 Å². The average molecular weight is 369 g/mol. The number of aromatic nitrogens is 2. The van der Waals surface area contributed by atoms with Gasteiger partial charge in [-0.2, -0.15) is 0 Å². The summed E-state index contributed by atoms with van der Waals surface area (Å²) in [7, 11) is 0. The van der Waals surface area contributed by atoms with E-state index >= 15 is 0 Å². The van der Waals surface area contributed by atoms with E-state index in [0.717, 1.165) is 27.8 Å². The van der Waals surface area contributed by atoms with Crippen molar-refractivity contribution in [1.29, 1.82) is 0 Å². The van der Waals surface area contributed by atoms with Gasteiger partial charge in [-0.3, -0.25) is 9.78 Å². The second-order valence-electron chi connectivity index (χ2n) is 6.43. The first-order valence-corrected chi connectivity index (χ1v) is 9.01. The van der Waals surface area contributed by atoms with Crippen molar-refractivity contribution < 1.29 is 9.53 Å². The lowest BCUT2D eigenvalue weighted by molar-refractivity contribution is 0.0951. The maximum absolute atomic E-state index is 12.6. The number of benzene rings is 2. The van der Waals surface area contributed by atoms with Crippen LogP contribution in [-0.4, -0.2) is 15.9 Å². The Morgan fingerprint density at radius 2 is 1.79 bits per heavy atom. The van der Waals surface area contributed by atoms with Gasteiger partial charge in [0.15, 0.2) is 0 Å². The number of hydrogen-bond donors (Lipinski definition) is 1. The van der Waals surface area contributed by atoms with Crippen molar-refractivity contribution in [3.8, 4) is 11.6 Å². The Hall–Kier alpha value is -3.73. The molecule has 0 aliphatic rings. The molecule has 4 rings (SSSR count). The van der Waals surface area contributed by atoms with Gasteiger partial charge < -0.3 is 10.1 Å². The molecule has 0 radical (unpaired) electrons. The molecule has 5 nitrogen and oxygen atoms in total. The zero-order valence-electron chi connectivity index (χ0n) is 15.4. The number of hydrogen-bond acceptors (Lipinski definition) is 4. The van der Waals surface area contributed by atoms with Crippen molar-refractivity contribution in [2.45, 2.75) is 13.5 Å². The van der Waals surface area contributed by atoms with Crippen LogP contribution in [0, 0.1) is 6.92 Å². The van der Waals surface area contributed by atoms with Crippen LogP contribution in [0.2, 0.25) is 0 Å². The molecule has 4 aromatic rings. The molecule has 0 atom stereocenters. The molecule has 0 fully saturated rings. The normalized spacial score (nSPS) is 10.6. The summed E-state index contributed by atoms with van der Waals surface area (Å²) in [5.41, 5.74) is 3.28. The van der Waals surface area contributed by atoms with Gasteiger partial charge in [-0.1, -0.05) is 30.3 Å². The van der Waals surface area contributed by atoms with Gasteiger partial charge in [-0.15, -0.1) is 0 Å². The van der Waals surface area contributed by atoms with Crippen molar-refractivity contribution in [2.75, 3.05) is 0 Å². The molecule has 2 aromatic heterocycles. The number of fused-ring (bicyclic) bond motifs is 1. The molecular weight excluding hydrogens is 350 g/mol. The van der Waals surface area contributed by atoms with Crippen LogP contribution in [0.1, 0.15) is 21.5 Å². The van der Waals surface area contributed by atoms with Crippen LogP contribution in [0.5, 0.6) is 11.6 Å². The number of para-hydroxylation sites is 1. The van der Waals surface area contributed by atoms with E-state index in [-0.39, 0.29) is 5.91 Å². The molecule has 0 saturated carbocycles. The molecule has 5 heteroatoms. The highest BCUT2D eigenvalue weighted by Crippen LogP contribution is 2.25. The number of nitrogens with one attached hydrogen (secondary N) is 1. The monoisotopic (exact) mass is 369 g/mol. The van der Waals surface area contributed by atoms with Gasteiger partial charge in [0.1, 0.15) is 5.75 Å². The number of carbonyl (C=O) groups excluding carboxylic acids is 1. The van der Waals surface area contributed by atoms with Crippen LogP contribution in [-0.2, 0) is 6.54 Å². The van der Waals surface area contributed by atoms with Crippen molar-refractivity contribution in [3.63, 3.8) is 0 Å². The predicted molar refractivity (Wildman–Crippen MR) is 108 cm³/mol. The van der Waals surface area contributed by atoms with Gasteiger partial charge in [0.2, 0.25) is 5.88 Å². The van der Waals surface area contributed by atoms with Gasteiger partial charge in [0, 0.05) is 35.5 Å². The highest BCUT2D eigenvalue weighted by Gasteiger charge is 2.11.